The molecule has 1 atom stereocenters. The number of halogens is 1. The van der Waals surface area contributed by atoms with Gasteiger partial charge in [-0.2, -0.15) is 4.31 Å². The first-order valence-electron chi connectivity index (χ1n) is 7.53. The molecule has 0 bridgehead atoms. The molecule has 0 spiro atoms. The lowest BCUT2D eigenvalue weighted by atomic mass is 10.0. The second kappa shape index (κ2) is 8.80. The number of hydrogen-bond acceptors (Lipinski definition) is 4. The van der Waals surface area contributed by atoms with E-state index in [2.05, 4.69) is 15.9 Å². The molecule has 1 rings (SSSR count). The number of hydrogen-bond donors (Lipinski definition) is 0. The lowest BCUT2D eigenvalue weighted by Crippen LogP contribution is -2.44. The molecule has 23 heavy (non-hydrogen) atoms. The topological polar surface area (TPSA) is 63.7 Å². The number of nitrogens with zero attached hydrogens (tertiary/aromatic N) is 1. The van der Waals surface area contributed by atoms with Crippen molar-refractivity contribution in [3.63, 3.8) is 0 Å². The van der Waals surface area contributed by atoms with Crippen molar-refractivity contribution in [2.24, 2.45) is 5.92 Å². The molecule has 0 unspecified atom stereocenters. The standard InChI is InChI=1S/C16H24BrNO4S/c1-5-22-16(19)15(10-12(2)3)18(4)23(20,21)14-8-6-13(11-17)7-9-14/h6-9,12,15H,5,10-11H2,1-4H3/t15-/m0/s1. The second-order valence-electron chi connectivity index (χ2n) is 5.70. The molecule has 1 aromatic rings. The van der Waals surface area contributed by atoms with E-state index in [1.807, 2.05) is 13.8 Å². The first-order chi connectivity index (χ1) is 10.7. The molecule has 0 aromatic heterocycles. The van der Waals surface area contributed by atoms with Crippen LogP contribution in [0.15, 0.2) is 29.2 Å². The van der Waals surface area contributed by atoms with Crippen LogP contribution in [0.3, 0.4) is 0 Å². The summed E-state index contributed by atoms with van der Waals surface area (Å²) >= 11 is 3.33. The third kappa shape index (κ3) is 5.29. The zero-order chi connectivity index (χ0) is 17.6. The number of rotatable bonds is 8. The van der Waals surface area contributed by atoms with Gasteiger partial charge in [0.15, 0.2) is 0 Å². The molecule has 130 valence electrons. The van der Waals surface area contributed by atoms with Crippen LogP contribution in [0.4, 0.5) is 0 Å². The van der Waals surface area contributed by atoms with Crippen molar-refractivity contribution in [2.45, 2.75) is 43.5 Å². The predicted octanol–water partition coefficient (Wildman–Crippen LogP) is 3.18. The Bertz CT molecular complexity index is 613. The maximum absolute atomic E-state index is 12.8. The lowest BCUT2D eigenvalue weighted by Gasteiger charge is -2.27. The highest BCUT2D eigenvalue weighted by Crippen LogP contribution is 2.22. The smallest absolute Gasteiger partial charge is 0.324 e. The lowest BCUT2D eigenvalue weighted by molar-refractivity contribution is -0.147. The van der Waals surface area contributed by atoms with Crippen LogP contribution in [0.5, 0.6) is 0 Å². The van der Waals surface area contributed by atoms with Crippen LogP contribution in [0.1, 0.15) is 32.8 Å². The summed E-state index contributed by atoms with van der Waals surface area (Å²) in [5, 5.41) is 0.655. The van der Waals surface area contributed by atoms with Gasteiger partial charge in [-0.05, 0) is 37.0 Å². The predicted molar refractivity (Wildman–Crippen MR) is 93.9 cm³/mol. The number of ether oxygens (including phenoxy) is 1. The summed E-state index contributed by atoms with van der Waals surface area (Å²) in [5.74, 6) is -0.345. The molecular formula is C16H24BrNO4S. The Balaban J connectivity index is 3.12. The highest BCUT2D eigenvalue weighted by molar-refractivity contribution is 9.08. The Labute approximate surface area is 147 Å². The van der Waals surface area contributed by atoms with Crippen molar-refractivity contribution in [3.05, 3.63) is 29.8 Å². The Morgan fingerprint density at radius 1 is 1.26 bits per heavy atom. The number of carbonyl (C=O) groups excluding carboxylic acids is 1. The van der Waals surface area contributed by atoms with E-state index in [-0.39, 0.29) is 17.4 Å². The minimum absolute atomic E-state index is 0.165. The van der Waals surface area contributed by atoms with Crippen molar-refractivity contribution < 1.29 is 17.9 Å². The Kier molecular flexibility index (Phi) is 7.70. The average molecular weight is 406 g/mol. The first kappa shape index (κ1) is 20.1. The van der Waals surface area contributed by atoms with Crippen LogP contribution < -0.4 is 0 Å². The molecule has 0 heterocycles. The molecule has 0 saturated heterocycles. The molecule has 0 N–H and O–H groups in total. The van der Waals surface area contributed by atoms with Crippen molar-refractivity contribution in [1.82, 2.24) is 4.31 Å². The quantitative estimate of drug-likeness (QED) is 0.492. The van der Waals surface area contributed by atoms with E-state index in [4.69, 9.17) is 4.74 Å². The fraction of sp³-hybridized carbons (Fsp3) is 0.562. The van der Waals surface area contributed by atoms with Crippen LogP contribution in [0.25, 0.3) is 0 Å². The van der Waals surface area contributed by atoms with Gasteiger partial charge in [0.05, 0.1) is 11.5 Å². The van der Waals surface area contributed by atoms with Crippen LogP contribution in [0, 0.1) is 5.92 Å². The van der Waals surface area contributed by atoms with Gasteiger partial charge < -0.3 is 4.74 Å². The van der Waals surface area contributed by atoms with Gasteiger partial charge in [0.2, 0.25) is 10.0 Å². The maximum atomic E-state index is 12.8. The van der Waals surface area contributed by atoms with E-state index < -0.39 is 22.0 Å². The summed E-state index contributed by atoms with van der Waals surface area (Å²) in [7, 11) is -2.33. The van der Waals surface area contributed by atoms with Gasteiger partial charge in [-0.25, -0.2) is 8.42 Å². The second-order valence-corrected chi connectivity index (χ2v) is 8.25. The molecule has 5 nitrogen and oxygen atoms in total. The fourth-order valence-electron chi connectivity index (χ4n) is 2.16. The van der Waals surface area contributed by atoms with E-state index in [0.29, 0.717) is 11.8 Å². The largest absolute Gasteiger partial charge is 0.465 e. The van der Waals surface area contributed by atoms with Crippen molar-refractivity contribution >= 4 is 31.9 Å². The number of esters is 1. The Hall–Kier alpha value is -0.920. The van der Waals surface area contributed by atoms with E-state index >= 15 is 0 Å². The van der Waals surface area contributed by atoms with E-state index in [1.54, 1.807) is 31.2 Å². The van der Waals surface area contributed by atoms with Gasteiger partial charge in [0, 0.05) is 12.4 Å². The molecule has 0 amide bonds. The third-order valence-electron chi connectivity index (χ3n) is 3.45. The summed E-state index contributed by atoms with van der Waals surface area (Å²) < 4.78 is 31.7. The molecule has 0 aliphatic rings. The fourth-order valence-corrected chi connectivity index (χ4v) is 3.86. The summed E-state index contributed by atoms with van der Waals surface area (Å²) in [5.41, 5.74) is 0.982. The highest BCUT2D eigenvalue weighted by atomic mass is 79.9. The maximum Gasteiger partial charge on any atom is 0.324 e. The van der Waals surface area contributed by atoms with Crippen LogP contribution in [0.2, 0.25) is 0 Å². The highest BCUT2D eigenvalue weighted by Gasteiger charge is 2.34. The molecule has 0 saturated carbocycles. The van der Waals surface area contributed by atoms with Crippen molar-refractivity contribution in [3.8, 4) is 0 Å². The number of likely N-dealkylation sites (N-methyl/N-ethyl adjacent to an activating group) is 1. The van der Waals surface area contributed by atoms with Crippen molar-refractivity contribution in [1.29, 1.82) is 0 Å². The number of benzene rings is 1. The Morgan fingerprint density at radius 2 is 1.83 bits per heavy atom. The van der Waals surface area contributed by atoms with E-state index in [0.717, 1.165) is 9.87 Å². The van der Waals surface area contributed by atoms with Crippen molar-refractivity contribution in [2.75, 3.05) is 13.7 Å². The first-order valence-corrected chi connectivity index (χ1v) is 10.1. The molecular weight excluding hydrogens is 382 g/mol. The molecule has 0 aliphatic heterocycles. The molecule has 0 radical (unpaired) electrons. The minimum atomic E-state index is -3.75. The number of alkyl halides is 1. The number of carbonyl (C=O) groups is 1. The van der Waals surface area contributed by atoms with Gasteiger partial charge in [0.1, 0.15) is 6.04 Å². The normalized spacial score (nSPS) is 13.3. The molecule has 0 fully saturated rings. The molecule has 7 heteroatoms. The van der Waals surface area contributed by atoms with Gasteiger partial charge in [-0.3, -0.25) is 4.79 Å². The zero-order valence-electron chi connectivity index (χ0n) is 14.0. The Morgan fingerprint density at radius 3 is 2.26 bits per heavy atom. The monoisotopic (exact) mass is 405 g/mol. The summed E-state index contributed by atoms with van der Waals surface area (Å²) in [6.45, 7) is 5.81. The van der Waals surface area contributed by atoms with Gasteiger partial charge in [-0.1, -0.05) is 41.9 Å². The summed E-state index contributed by atoms with van der Waals surface area (Å²) in [6.07, 6.45) is 0.411. The summed E-state index contributed by atoms with van der Waals surface area (Å²) in [4.78, 5) is 12.3. The van der Waals surface area contributed by atoms with E-state index in [1.165, 1.54) is 7.05 Å². The zero-order valence-corrected chi connectivity index (χ0v) is 16.4. The summed E-state index contributed by atoms with van der Waals surface area (Å²) in [6, 6.07) is 5.78. The van der Waals surface area contributed by atoms with Gasteiger partial charge in [0.25, 0.3) is 0 Å². The third-order valence-corrected chi connectivity index (χ3v) is 5.97. The van der Waals surface area contributed by atoms with Gasteiger partial charge in [-0.15, -0.1) is 0 Å². The number of sulfonamides is 1. The van der Waals surface area contributed by atoms with Crippen LogP contribution >= 0.6 is 15.9 Å². The molecule has 1 aromatic carbocycles. The molecule has 0 aliphatic carbocycles. The minimum Gasteiger partial charge on any atom is -0.465 e. The van der Waals surface area contributed by atoms with E-state index in [9.17, 15) is 13.2 Å². The SMILES string of the molecule is CCOC(=O)[C@H](CC(C)C)N(C)S(=O)(=O)c1ccc(CBr)cc1. The van der Waals surface area contributed by atoms with Gasteiger partial charge >= 0.3 is 5.97 Å². The average Bonchev–Trinajstić information content (AvgIpc) is 2.52. The van der Waals surface area contributed by atoms with Crippen LogP contribution in [-0.4, -0.2) is 38.4 Å². The van der Waals surface area contributed by atoms with Crippen LogP contribution in [-0.2, 0) is 24.9 Å².